The van der Waals surface area contributed by atoms with E-state index >= 15 is 0 Å². The summed E-state index contributed by atoms with van der Waals surface area (Å²) in [6.45, 7) is 5.26. The van der Waals surface area contributed by atoms with Crippen LogP contribution in [0.5, 0.6) is 0 Å². The zero-order chi connectivity index (χ0) is 30.1. The van der Waals surface area contributed by atoms with Gasteiger partial charge in [-0.3, -0.25) is 9.38 Å². The number of hydrogen-bond acceptors (Lipinski definition) is 5. The monoisotopic (exact) mass is 582 g/mol. The van der Waals surface area contributed by atoms with Crippen LogP contribution in [0, 0.1) is 0 Å². The van der Waals surface area contributed by atoms with Crippen LogP contribution in [0.1, 0.15) is 25.1 Å². The lowest BCUT2D eigenvalue weighted by Crippen LogP contribution is -2.25. The maximum absolute atomic E-state index is 5.37. The molecule has 0 saturated heterocycles. The molecule has 0 aliphatic carbocycles. The Kier molecular flexibility index (Phi) is 5.50. The molecule has 4 aromatic carbocycles. The van der Waals surface area contributed by atoms with Crippen LogP contribution in [0.2, 0.25) is 0 Å². The highest BCUT2D eigenvalue weighted by atomic mass is 15.4. The lowest BCUT2D eigenvalue weighted by Gasteiger charge is -2.28. The molecule has 8 aromatic rings. The van der Waals surface area contributed by atoms with Crippen molar-refractivity contribution in [3.8, 4) is 0 Å². The van der Waals surface area contributed by atoms with Crippen molar-refractivity contribution in [2.24, 2.45) is 0 Å². The van der Waals surface area contributed by atoms with E-state index in [0.717, 1.165) is 56.7 Å². The van der Waals surface area contributed by atoms with Crippen LogP contribution in [0.15, 0.2) is 134 Å². The largest absolute Gasteiger partial charge is 0.321 e. The van der Waals surface area contributed by atoms with E-state index in [0.29, 0.717) is 0 Å². The Morgan fingerprint density at radius 1 is 0.600 bits per heavy atom. The molecule has 6 nitrogen and oxygen atoms in total. The highest BCUT2D eigenvalue weighted by molar-refractivity contribution is 6.10. The number of hydrogen-bond donors (Lipinski definition) is 0. The molecule has 5 heterocycles. The molecule has 0 unspecified atom stereocenters. The molecular weight excluding hydrogens is 552 g/mol. The van der Waals surface area contributed by atoms with E-state index in [9.17, 15) is 0 Å². The number of fused-ring (bicyclic) bond motifs is 9. The van der Waals surface area contributed by atoms with Crippen molar-refractivity contribution < 1.29 is 0 Å². The molecule has 0 bridgehead atoms. The van der Waals surface area contributed by atoms with E-state index in [4.69, 9.17) is 15.0 Å². The number of anilines is 4. The minimum Gasteiger partial charge on any atom is -0.321 e. The molecule has 0 atom stereocenters. The van der Waals surface area contributed by atoms with E-state index < -0.39 is 0 Å². The number of benzene rings is 4. The van der Waals surface area contributed by atoms with Crippen LogP contribution in [-0.2, 0) is 5.41 Å². The summed E-state index contributed by atoms with van der Waals surface area (Å²) in [4.78, 5) is 19.9. The van der Waals surface area contributed by atoms with Gasteiger partial charge < -0.3 is 9.80 Å². The predicted octanol–water partition coefficient (Wildman–Crippen LogP) is 9.16. The van der Waals surface area contributed by atoms with E-state index in [1.165, 1.54) is 22.6 Å². The SMILES string of the molecule is CC(C)(c1cccc(N2CN(c3ccccc3)c3ccccc32)c1)c1ccc2c(n1)c1ncccc1c1nc3ccccc3n21. The molecule has 1 aliphatic heterocycles. The van der Waals surface area contributed by atoms with Gasteiger partial charge in [-0.15, -0.1) is 0 Å². The fourth-order valence-electron chi connectivity index (χ4n) is 6.85. The lowest BCUT2D eigenvalue weighted by molar-refractivity contribution is 0.620. The number of pyridine rings is 3. The molecule has 0 fully saturated rings. The molecule has 0 saturated carbocycles. The summed E-state index contributed by atoms with van der Waals surface area (Å²) < 4.78 is 2.22. The first-order chi connectivity index (χ1) is 22.1. The summed E-state index contributed by atoms with van der Waals surface area (Å²) in [5.74, 6) is 0. The van der Waals surface area contributed by atoms with Gasteiger partial charge in [0.25, 0.3) is 0 Å². The molecular formula is C39H30N6. The van der Waals surface area contributed by atoms with Gasteiger partial charge in [-0.2, -0.15) is 0 Å². The summed E-state index contributed by atoms with van der Waals surface area (Å²) in [6.07, 6.45) is 1.84. The molecule has 0 radical (unpaired) electrons. The van der Waals surface area contributed by atoms with Gasteiger partial charge in [0, 0.05) is 28.4 Å². The van der Waals surface area contributed by atoms with Gasteiger partial charge in [0.1, 0.15) is 23.3 Å². The molecule has 0 amide bonds. The molecule has 216 valence electrons. The minimum absolute atomic E-state index is 0.365. The van der Waals surface area contributed by atoms with Crippen LogP contribution in [0.4, 0.5) is 22.7 Å². The van der Waals surface area contributed by atoms with Gasteiger partial charge in [-0.25, -0.2) is 9.97 Å². The van der Waals surface area contributed by atoms with E-state index in [1.54, 1.807) is 0 Å². The van der Waals surface area contributed by atoms with Crippen LogP contribution in [0.3, 0.4) is 0 Å². The number of para-hydroxylation sites is 5. The lowest BCUT2D eigenvalue weighted by atomic mass is 9.81. The topological polar surface area (TPSA) is 49.6 Å². The Labute approximate surface area is 260 Å². The fourth-order valence-corrected chi connectivity index (χ4v) is 6.85. The maximum Gasteiger partial charge on any atom is 0.148 e. The standard InChI is InChI=1S/C39H30N6/c1-39(2,26-12-10-15-28(24-26)44-25-43(27-13-4-3-5-14-27)32-19-8-9-20-33(32)44)35-22-21-34-37(42-35)36-29(16-11-23-40-36)38-41-30-17-6-7-18-31(30)45(34)38/h3-24H,25H2,1-2H3. The highest BCUT2D eigenvalue weighted by Gasteiger charge is 2.30. The second-order valence-corrected chi connectivity index (χ2v) is 12.2. The zero-order valence-corrected chi connectivity index (χ0v) is 25.1. The van der Waals surface area contributed by atoms with Crippen LogP contribution < -0.4 is 9.80 Å². The predicted molar refractivity (Wildman–Crippen MR) is 184 cm³/mol. The van der Waals surface area contributed by atoms with Crippen molar-refractivity contribution >= 4 is 61.4 Å². The normalized spacial score (nSPS) is 13.4. The summed E-state index contributed by atoms with van der Waals surface area (Å²) in [7, 11) is 0. The molecule has 45 heavy (non-hydrogen) atoms. The van der Waals surface area contributed by atoms with Crippen molar-refractivity contribution in [3.63, 3.8) is 0 Å². The van der Waals surface area contributed by atoms with Crippen molar-refractivity contribution in [2.45, 2.75) is 19.3 Å². The third-order valence-electron chi connectivity index (χ3n) is 9.28. The first-order valence-corrected chi connectivity index (χ1v) is 15.3. The Morgan fingerprint density at radius 2 is 1.33 bits per heavy atom. The average Bonchev–Trinajstić information content (AvgIpc) is 3.69. The highest BCUT2D eigenvalue weighted by Crippen LogP contribution is 2.45. The summed E-state index contributed by atoms with van der Waals surface area (Å²) in [6, 6.07) is 44.8. The minimum atomic E-state index is -0.365. The van der Waals surface area contributed by atoms with Gasteiger partial charge >= 0.3 is 0 Å². The molecule has 0 spiro atoms. The molecule has 0 N–H and O–H groups in total. The van der Waals surface area contributed by atoms with Crippen LogP contribution >= 0.6 is 0 Å². The average molecular weight is 583 g/mol. The summed E-state index contributed by atoms with van der Waals surface area (Å²) in [5.41, 5.74) is 12.3. The van der Waals surface area contributed by atoms with Crippen molar-refractivity contribution in [2.75, 3.05) is 16.5 Å². The Morgan fingerprint density at radius 3 is 2.18 bits per heavy atom. The molecule has 9 rings (SSSR count). The maximum atomic E-state index is 5.37. The van der Waals surface area contributed by atoms with Crippen molar-refractivity contribution in [1.82, 2.24) is 19.4 Å². The third kappa shape index (κ3) is 3.85. The van der Waals surface area contributed by atoms with E-state index in [-0.39, 0.29) is 5.41 Å². The molecule has 1 aliphatic rings. The number of nitrogens with zero attached hydrogens (tertiary/aromatic N) is 6. The van der Waals surface area contributed by atoms with Crippen molar-refractivity contribution in [3.05, 3.63) is 145 Å². The molecule has 4 aromatic heterocycles. The van der Waals surface area contributed by atoms with Gasteiger partial charge in [0.05, 0.1) is 33.6 Å². The second kappa shape index (κ2) is 9.63. The van der Waals surface area contributed by atoms with Crippen molar-refractivity contribution in [1.29, 1.82) is 0 Å². The van der Waals surface area contributed by atoms with Gasteiger partial charge in [0.2, 0.25) is 0 Å². The van der Waals surface area contributed by atoms with Crippen LogP contribution in [0.25, 0.3) is 38.6 Å². The number of imidazole rings is 1. The van der Waals surface area contributed by atoms with Gasteiger partial charge in [0.15, 0.2) is 0 Å². The van der Waals surface area contributed by atoms with Crippen LogP contribution in [-0.4, -0.2) is 26.0 Å². The Balaban J connectivity index is 1.17. The Hall–Kier alpha value is -5.75. The number of rotatable bonds is 4. The van der Waals surface area contributed by atoms with Gasteiger partial charge in [-0.1, -0.05) is 68.4 Å². The zero-order valence-electron chi connectivity index (χ0n) is 25.1. The Bertz CT molecular complexity index is 2410. The summed E-state index contributed by atoms with van der Waals surface area (Å²) in [5, 5.41) is 1.00. The van der Waals surface area contributed by atoms with E-state index in [2.05, 4.69) is 143 Å². The summed E-state index contributed by atoms with van der Waals surface area (Å²) >= 11 is 0. The molecule has 6 heteroatoms. The van der Waals surface area contributed by atoms with E-state index in [1.807, 2.05) is 18.3 Å². The quantitative estimate of drug-likeness (QED) is 0.194. The first-order valence-electron chi connectivity index (χ1n) is 15.3. The third-order valence-corrected chi connectivity index (χ3v) is 9.28. The first kappa shape index (κ1) is 25.7. The number of aromatic nitrogens is 4. The second-order valence-electron chi connectivity index (χ2n) is 12.2. The fraction of sp³-hybridized carbons (Fsp3) is 0.103. The smallest absolute Gasteiger partial charge is 0.148 e. The van der Waals surface area contributed by atoms with Gasteiger partial charge in [-0.05, 0) is 78.4 Å².